The summed E-state index contributed by atoms with van der Waals surface area (Å²) in [5.41, 5.74) is 4.65. The Labute approximate surface area is 173 Å². The van der Waals surface area contributed by atoms with Gasteiger partial charge < -0.3 is 5.32 Å². The number of carbonyl (C=O) groups is 1. The van der Waals surface area contributed by atoms with Gasteiger partial charge in [0.1, 0.15) is 5.82 Å². The molecule has 3 aromatic carbocycles. The van der Waals surface area contributed by atoms with E-state index in [0.717, 1.165) is 22.4 Å². The van der Waals surface area contributed by atoms with Crippen molar-refractivity contribution >= 4 is 34.1 Å². The van der Waals surface area contributed by atoms with Gasteiger partial charge in [-0.3, -0.25) is 14.2 Å². The van der Waals surface area contributed by atoms with Crippen molar-refractivity contribution in [1.29, 1.82) is 0 Å². The molecule has 0 aliphatic carbocycles. The number of anilines is 1. The topological polar surface area (TPSA) is 64.0 Å². The molecule has 4 aromatic rings. The molecule has 0 saturated heterocycles. The lowest BCUT2D eigenvalue weighted by atomic mass is 10.0. The van der Waals surface area contributed by atoms with Crippen LogP contribution in [0.15, 0.2) is 77.6 Å². The van der Waals surface area contributed by atoms with E-state index in [2.05, 4.69) is 5.32 Å². The molecule has 0 bridgehead atoms. The minimum Gasteiger partial charge on any atom is -0.321 e. The van der Waals surface area contributed by atoms with Crippen LogP contribution in [0.3, 0.4) is 0 Å². The number of aromatic nitrogens is 2. The maximum absolute atomic E-state index is 13.3. The second-order valence-electron chi connectivity index (χ2n) is 7.43. The molecule has 0 atom stereocenters. The van der Waals surface area contributed by atoms with Gasteiger partial charge in [0.05, 0.1) is 23.0 Å². The third kappa shape index (κ3) is 3.10. The minimum absolute atomic E-state index is 0.126. The molecule has 0 saturated carbocycles. The molecule has 5 heteroatoms. The number of para-hydroxylation sites is 1. The average Bonchev–Trinajstić information content (AvgIpc) is 3.06. The Bertz CT molecular complexity index is 1380. The van der Waals surface area contributed by atoms with Crippen LogP contribution in [0.2, 0.25) is 0 Å². The Morgan fingerprint density at radius 3 is 2.57 bits per heavy atom. The van der Waals surface area contributed by atoms with E-state index in [1.165, 1.54) is 0 Å². The van der Waals surface area contributed by atoms with Gasteiger partial charge in [-0.05, 0) is 42.8 Å². The van der Waals surface area contributed by atoms with E-state index in [-0.39, 0.29) is 11.5 Å². The molecule has 146 valence electrons. The van der Waals surface area contributed by atoms with Gasteiger partial charge in [0.2, 0.25) is 0 Å². The Balaban J connectivity index is 1.74. The van der Waals surface area contributed by atoms with Crippen molar-refractivity contribution in [2.75, 3.05) is 5.32 Å². The number of amides is 1. The summed E-state index contributed by atoms with van der Waals surface area (Å²) in [5.74, 6) is 0.270. The first kappa shape index (κ1) is 18.1. The monoisotopic (exact) mass is 393 g/mol. The normalized spacial score (nSPS) is 14.2. The lowest BCUT2D eigenvalue weighted by molar-refractivity contribution is -0.110. The fourth-order valence-corrected chi connectivity index (χ4v) is 3.79. The fourth-order valence-electron chi connectivity index (χ4n) is 3.79. The molecule has 0 fully saturated rings. The number of benzene rings is 3. The average molecular weight is 393 g/mol. The zero-order valence-corrected chi connectivity index (χ0v) is 16.4. The third-order valence-electron chi connectivity index (χ3n) is 5.31. The number of aryl methyl sites for hydroxylation is 1. The Morgan fingerprint density at radius 2 is 1.73 bits per heavy atom. The van der Waals surface area contributed by atoms with Crippen LogP contribution in [0.4, 0.5) is 5.69 Å². The van der Waals surface area contributed by atoms with E-state index in [4.69, 9.17) is 4.98 Å². The fraction of sp³-hybridized carbons (Fsp3) is 0.0800. The third-order valence-corrected chi connectivity index (χ3v) is 5.31. The van der Waals surface area contributed by atoms with Crippen molar-refractivity contribution in [3.05, 3.63) is 106 Å². The van der Waals surface area contributed by atoms with Crippen molar-refractivity contribution in [2.45, 2.75) is 13.5 Å². The Morgan fingerprint density at radius 1 is 0.967 bits per heavy atom. The summed E-state index contributed by atoms with van der Waals surface area (Å²) in [6.07, 6.45) is 1.72. The zero-order valence-electron chi connectivity index (χ0n) is 16.4. The summed E-state index contributed by atoms with van der Waals surface area (Å²) in [6.45, 7) is 2.36. The molecule has 0 spiro atoms. The van der Waals surface area contributed by atoms with Crippen LogP contribution in [-0.2, 0) is 11.3 Å². The van der Waals surface area contributed by atoms with E-state index >= 15 is 0 Å². The smallest absolute Gasteiger partial charge is 0.261 e. The number of rotatable bonds is 3. The number of hydrogen-bond acceptors (Lipinski definition) is 3. The summed E-state index contributed by atoms with van der Waals surface area (Å²) in [4.78, 5) is 30.7. The van der Waals surface area contributed by atoms with Crippen molar-refractivity contribution < 1.29 is 4.79 Å². The maximum Gasteiger partial charge on any atom is 0.261 e. The summed E-state index contributed by atoms with van der Waals surface area (Å²) >= 11 is 0. The van der Waals surface area contributed by atoms with Gasteiger partial charge in [-0.1, -0.05) is 54.1 Å². The SMILES string of the molecule is Cc1ccc2c(c1)/C(=C/c1nc3ccccc3c(=O)n1Cc1ccccc1)C(=O)N2. The highest BCUT2D eigenvalue weighted by atomic mass is 16.2. The predicted octanol–water partition coefficient (Wildman–Crippen LogP) is 4.25. The molecule has 2 heterocycles. The van der Waals surface area contributed by atoms with Crippen LogP contribution < -0.4 is 10.9 Å². The molecule has 0 radical (unpaired) electrons. The number of fused-ring (bicyclic) bond motifs is 2. The zero-order chi connectivity index (χ0) is 20.7. The largest absolute Gasteiger partial charge is 0.321 e. The van der Waals surface area contributed by atoms with Crippen LogP contribution in [0.5, 0.6) is 0 Å². The first-order valence-electron chi connectivity index (χ1n) is 9.78. The van der Waals surface area contributed by atoms with Crippen LogP contribution in [0.1, 0.15) is 22.5 Å². The summed E-state index contributed by atoms with van der Waals surface area (Å²) in [7, 11) is 0. The standard InChI is InChI=1S/C25H19N3O2/c1-16-11-12-22-19(13-16)20(24(29)27-22)14-23-26-21-10-6-5-9-18(21)25(30)28(23)15-17-7-3-2-4-8-17/h2-14H,15H2,1H3,(H,27,29)/b20-14-. The Kier molecular flexibility index (Phi) is 4.29. The van der Waals surface area contributed by atoms with Crippen molar-refractivity contribution in [1.82, 2.24) is 9.55 Å². The predicted molar refractivity (Wildman–Crippen MR) is 119 cm³/mol. The van der Waals surface area contributed by atoms with Gasteiger partial charge in [0, 0.05) is 11.3 Å². The van der Waals surface area contributed by atoms with Crippen LogP contribution >= 0.6 is 0 Å². The van der Waals surface area contributed by atoms with Crippen LogP contribution in [0.25, 0.3) is 22.6 Å². The highest BCUT2D eigenvalue weighted by Crippen LogP contribution is 2.33. The lowest BCUT2D eigenvalue weighted by Crippen LogP contribution is -2.24. The molecule has 1 aliphatic rings. The van der Waals surface area contributed by atoms with Gasteiger partial charge in [0.15, 0.2) is 0 Å². The van der Waals surface area contributed by atoms with Crippen molar-refractivity contribution in [2.24, 2.45) is 0 Å². The second kappa shape index (κ2) is 7.12. The molecule has 1 aromatic heterocycles. The lowest BCUT2D eigenvalue weighted by Gasteiger charge is -2.12. The molecule has 0 unspecified atom stereocenters. The quantitative estimate of drug-likeness (QED) is 0.530. The van der Waals surface area contributed by atoms with E-state index in [0.29, 0.717) is 28.8 Å². The molecular formula is C25H19N3O2. The maximum atomic E-state index is 13.3. The molecule has 5 nitrogen and oxygen atoms in total. The molecular weight excluding hydrogens is 374 g/mol. The molecule has 30 heavy (non-hydrogen) atoms. The second-order valence-corrected chi connectivity index (χ2v) is 7.43. The van der Waals surface area contributed by atoms with Gasteiger partial charge >= 0.3 is 0 Å². The number of nitrogens with one attached hydrogen (secondary N) is 1. The molecule has 1 aliphatic heterocycles. The Hall–Kier alpha value is -3.99. The number of nitrogens with zero attached hydrogens (tertiary/aromatic N) is 2. The van der Waals surface area contributed by atoms with Gasteiger partial charge in [-0.25, -0.2) is 4.98 Å². The van der Waals surface area contributed by atoms with E-state index in [9.17, 15) is 9.59 Å². The van der Waals surface area contributed by atoms with Crippen molar-refractivity contribution in [3.8, 4) is 0 Å². The minimum atomic E-state index is -0.190. The van der Waals surface area contributed by atoms with E-state index in [1.54, 1.807) is 16.7 Å². The van der Waals surface area contributed by atoms with Crippen LogP contribution in [-0.4, -0.2) is 15.5 Å². The first-order valence-corrected chi connectivity index (χ1v) is 9.78. The van der Waals surface area contributed by atoms with E-state index in [1.807, 2.05) is 73.7 Å². The highest BCUT2D eigenvalue weighted by molar-refractivity contribution is 6.34. The number of hydrogen-bond donors (Lipinski definition) is 1. The molecule has 5 rings (SSSR count). The molecule has 1 amide bonds. The number of carbonyl (C=O) groups excluding carboxylic acids is 1. The summed E-state index contributed by atoms with van der Waals surface area (Å²) < 4.78 is 1.63. The highest BCUT2D eigenvalue weighted by Gasteiger charge is 2.25. The van der Waals surface area contributed by atoms with E-state index < -0.39 is 0 Å². The van der Waals surface area contributed by atoms with Gasteiger partial charge in [-0.2, -0.15) is 0 Å². The first-order chi connectivity index (χ1) is 14.6. The summed E-state index contributed by atoms with van der Waals surface area (Å²) in [5, 5.41) is 3.45. The summed E-state index contributed by atoms with van der Waals surface area (Å²) in [6, 6.07) is 22.9. The van der Waals surface area contributed by atoms with Gasteiger partial charge in [-0.15, -0.1) is 0 Å². The van der Waals surface area contributed by atoms with Crippen LogP contribution in [0, 0.1) is 6.92 Å². The molecule has 1 N–H and O–H groups in total. The van der Waals surface area contributed by atoms with Gasteiger partial charge in [0.25, 0.3) is 11.5 Å². The van der Waals surface area contributed by atoms with Crippen molar-refractivity contribution in [3.63, 3.8) is 0 Å².